The molecule has 0 radical (unpaired) electrons. The number of nitrogens with zero attached hydrogens (tertiary/aromatic N) is 2. The van der Waals surface area contributed by atoms with Crippen LogP contribution in [-0.2, 0) is 16.8 Å². The summed E-state index contributed by atoms with van der Waals surface area (Å²) in [6.07, 6.45) is 3.93. The summed E-state index contributed by atoms with van der Waals surface area (Å²) in [6, 6.07) is 0. The second-order valence-electron chi connectivity index (χ2n) is 5.54. The Kier molecular flexibility index (Phi) is 7.26. The molecule has 0 aliphatic heterocycles. The number of aromatic nitrogens is 2. The van der Waals surface area contributed by atoms with Crippen LogP contribution in [0.15, 0.2) is 0 Å². The summed E-state index contributed by atoms with van der Waals surface area (Å²) in [7, 11) is 1.98. The van der Waals surface area contributed by atoms with Crippen LogP contribution < -0.4 is 5.32 Å². The van der Waals surface area contributed by atoms with Gasteiger partial charge < -0.3 is 10.1 Å². The molecular formula is C17H31N3O. The smallest absolute Gasteiger partial charge is 0.160 e. The lowest BCUT2D eigenvalue weighted by atomic mass is 9.95. The zero-order chi connectivity index (χ0) is 15.9. The third kappa shape index (κ3) is 4.24. The summed E-state index contributed by atoms with van der Waals surface area (Å²) in [5, 5.41) is 3.19. The molecule has 0 fully saturated rings. The molecule has 0 saturated heterocycles. The summed E-state index contributed by atoms with van der Waals surface area (Å²) >= 11 is 0. The van der Waals surface area contributed by atoms with E-state index in [-0.39, 0.29) is 5.60 Å². The van der Waals surface area contributed by atoms with Crippen LogP contribution in [0.5, 0.6) is 0 Å². The average molecular weight is 293 g/mol. The van der Waals surface area contributed by atoms with Gasteiger partial charge >= 0.3 is 0 Å². The zero-order valence-electron chi connectivity index (χ0n) is 14.5. The highest BCUT2D eigenvalue weighted by molar-refractivity contribution is 5.26. The first-order valence-corrected chi connectivity index (χ1v) is 8.17. The topological polar surface area (TPSA) is 47.0 Å². The Morgan fingerprint density at radius 2 is 1.62 bits per heavy atom. The van der Waals surface area contributed by atoms with Crippen molar-refractivity contribution >= 4 is 0 Å². The number of hydrogen-bond donors (Lipinski definition) is 1. The maximum Gasteiger partial charge on any atom is 0.160 e. The Hall–Kier alpha value is -1.00. The lowest BCUT2D eigenvalue weighted by Crippen LogP contribution is -2.31. The van der Waals surface area contributed by atoms with Crippen molar-refractivity contribution in [2.45, 2.75) is 65.9 Å². The monoisotopic (exact) mass is 293 g/mol. The van der Waals surface area contributed by atoms with E-state index < -0.39 is 0 Å². The normalized spacial score (nSPS) is 11.9. The fourth-order valence-corrected chi connectivity index (χ4v) is 2.86. The molecule has 4 heteroatoms. The minimum atomic E-state index is -0.340. The van der Waals surface area contributed by atoms with E-state index >= 15 is 0 Å². The Balaban J connectivity index is 3.10. The maximum atomic E-state index is 6.03. The molecular weight excluding hydrogens is 262 g/mol. The van der Waals surface area contributed by atoms with Crippen LogP contribution in [-0.4, -0.2) is 30.2 Å². The van der Waals surface area contributed by atoms with Crippen molar-refractivity contribution in [2.24, 2.45) is 0 Å². The average Bonchev–Trinajstić information content (AvgIpc) is 2.47. The standard InChI is InChI=1S/C17H31N3O/c1-7-17(8-2,21-9-3)16-19-13(4)15(14(5)20-16)11-10-12-18-6/h18H,7-12H2,1-6H3. The van der Waals surface area contributed by atoms with Gasteiger partial charge in [-0.2, -0.15) is 0 Å². The van der Waals surface area contributed by atoms with Gasteiger partial charge in [-0.3, -0.25) is 0 Å². The largest absolute Gasteiger partial charge is 0.367 e. The summed E-state index contributed by atoms with van der Waals surface area (Å²) in [5.74, 6) is 0.849. The van der Waals surface area contributed by atoms with E-state index in [2.05, 4.69) is 33.0 Å². The third-order valence-electron chi connectivity index (χ3n) is 4.24. The molecule has 1 rings (SSSR count). The van der Waals surface area contributed by atoms with Crippen LogP contribution in [0.1, 0.15) is 62.8 Å². The van der Waals surface area contributed by atoms with Crippen molar-refractivity contribution in [1.29, 1.82) is 0 Å². The number of rotatable bonds is 9. The van der Waals surface area contributed by atoms with Crippen LogP contribution in [0.4, 0.5) is 0 Å². The molecule has 1 aromatic rings. The van der Waals surface area contributed by atoms with Gasteiger partial charge in [0.05, 0.1) is 0 Å². The highest BCUT2D eigenvalue weighted by Crippen LogP contribution is 2.31. The van der Waals surface area contributed by atoms with Gasteiger partial charge in [-0.1, -0.05) is 13.8 Å². The van der Waals surface area contributed by atoms with Crippen molar-refractivity contribution in [3.05, 3.63) is 22.8 Å². The quantitative estimate of drug-likeness (QED) is 0.710. The minimum absolute atomic E-state index is 0.340. The molecule has 0 atom stereocenters. The van der Waals surface area contributed by atoms with Crippen molar-refractivity contribution in [2.75, 3.05) is 20.2 Å². The maximum absolute atomic E-state index is 6.03. The molecule has 21 heavy (non-hydrogen) atoms. The van der Waals surface area contributed by atoms with Gasteiger partial charge in [0.1, 0.15) is 5.60 Å². The lowest BCUT2D eigenvalue weighted by Gasteiger charge is -2.30. The fourth-order valence-electron chi connectivity index (χ4n) is 2.86. The van der Waals surface area contributed by atoms with Gasteiger partial charge in [0.2, 0.25) is 0 Å². The number of hydrogen-bond acceptors (Lipinski definition) is 4. The second kappa shape index (κ2) is 8.44. The third-order valence-corrected chi connectivity index (χ3v) is 4.24. The van der Waals surface area contributed by atoms with E-state index in [0.717, 1.165) is 49.4 Å². The molecule has 120 valence electrons. The molecule has 1 N–H and O–H groups in total. The minimum Gasteiger partial charge on any atom is -0.367 e. The van der Waals surface area contributed by atoms with Crippen LogP contribution in [0.2, 0.25) is 0 Å². The summed E-state index contributed by atoms with van der Waals surface area (Å²) in [6.45, 7) is 12.2. The molecule has 0 aliphatic carbocycles. The molecule has 1 heterocycles. The molecule has 0 aliphatic rings. The van der Waals surface area contributed by atoms with Crippen LogP contribution in [0.25, 0.3) is 0 Å². The SMILES string of the molecule is CCOC(CC)(CC)c1nc(C)c(CCCNC)c(C)n1. The molecule has 0 saturated carbocycles. The highest BCUT2D eigenvalue weighted by atomic mass is 16.5. The predicted molar refractivity (Wildman–Crippen MR) is 87.6 cm³/mol. The van der Waals surface area contributed by atoms with Gasteiger partial charge in [-0.05, 0) is 65.6 Å². The zero-order valence-corrected chi connectivity index (χ0v) is 14.5. The number of ether oxygens (including phenoxy) is 1. The Morgan fingerprint density at radius 3 is 2.05 bits per heavy atom. The molecule has 0 spiro atoms. The van der Waals surface area contributed by atoms with Crippen LogP contribution in [0, 0.1) is 13.8 Å². The molecule has 0 unspecified atom stereocenters. The second-order valence-corrected chi connectivity index (χ2v) is 5.54. The van der Waals surface area contributed by atoms with Crippen molar-refractivity contribution < 1.29 is 4.74 Å². The van der Waals surface area contributed by atoms with Crippen molar-refractivity contribution in [1.82, 2.24) is 15.3 Å². The molecule has 4 nitrogen and oxygen atoms in total. The van der Waals surface area contributed by atoms with E-state index in [4.69, 9.17) is 14.7 Å². The van der Waals surface area contributed by atoms with Gasteiger partial charge in [0, 0.05) is 18.0 Å². The van der Waals surface area contributed by atoms with E-state index in [9.17, 15) is 0 Å². The fraction of sp³-hybridized carbons (Fsp3) is 0.765. The van der Waals surface area contributed by atoms with Gasteiger partial charge in [0.15, 0.2) is 5.82 Å². The summed E-state index contributed by atoms with van der Waals surface area (Å²) < 4.78 is 6.03. The summed E-state index contributed by atoms with van der Waals surface area (Å²) in [5.41, 5.74) is 3.14. The highest BCUT2D eigenvalue weighted by Gasteiger charge is 2.33. The molecule has 0 aromatic carbocycles. The Bertz CT molecular complexity index is 419. The van der Waals surface area contributed by atoms with Gasteiger partial charge in [0.25, 0.3) is 0 Å². The van der Waals surface area contributed by atoms with E-state index in [0.29, 0.717) is 6.61 Å². The molecule has 0 amide bonds. The van der Waals surface area contributed by atoms with Gasteiger partial charge in [-0.15, -0.1) is 0 Å². The van der Waals surface area contributed by atoms with E-state index in [1.165, 1.54) is 5.56 Å². The lowest BCUT2D eigenvalue weighted by molar-refractivity contribution is -0.0574. The van der Waals surface area contributed by atoms with E-state index in [1.54, 1.807) is 0 Å². The van der Waals surface area contributed by atoms with Gasteiger partial charge in [-0.25, -0.2) is 9.97 Å². The summed E-state index contributed by atoms with van der Waals surface area (Å²) in [4.78, 5) is 9.58. The predicted octanol–water partition coefficient (Wildman–Crippen LogP) is 3.30. The Labute approximate surface area is 129 Å². The molecule has 0 bridgehead atoms. The number of aryl methyl sites for hydroxylation is 2. The van der Waals surface area contributed by atoms with Crippen molar-refractivity contribution in [3.63, 3.8) is 0 Å². The van der Waals surface area contributed by atoms with Crippen LogP contribution >= 0.6 is 0 Å². The first-order valence-electron chi connectivity index (χ1n) is 8.17. The molecule has 1 aromatic heterocycles. The Morgan fingerprint density at radius 1 is 1.05 bits per heavy atom. The van der Waals surface area contributed by atoms with Crippen molar-refractivity contribution in [3.8, 4) is 0 Å². The first-order chi connectivity index (χ1) is 10.0. The van der Waals surface area contributed by atoms with Crippen LogP contribution in [0.3, 0.4) is 0 Å². The first kappa shape index (κ1) is 18.1. The number of nitrogens with one attached hydrogen (secondary N) is 1. The van der Waals surface area contributed by atoms with E-state index in [1.807, 2.05) is 14.0 Å².